The van der Waals surface area contributed by atoms with Crippen LogP contribution in [0.3, 0.4) is 0 Å². The van der Waals surface area contributed by atoms with Gasteiger partial charge in [-0.2, -0.15) is 0 Å². The lowest BCUT2D eigenvalue weighted by Gasteiger charge is -2.16. The second-order valence-corrected chi connectivity index (χ2v) is 6.22. The van der Waals surface area contributed by atoms with Crippen molar-refractivity contribution >= 4 is 34.4 Å². The number of carbonyl (C=O) groups is 2. The van der Waals surface area contributed by atoms with E-state index in [2.05, 4.69) is 10.3 Å². The number of nitrogens with one attached hydrogen (secondary N) is 2. The molecule has 28 heavy (non-hydrogen) atoms. The maximum absolute atomic E-state index is 12.3. The number of aliphatic carboxylic acids is 1. The monoisotopic (exact) mass is 400 g/mol. The van der Waals surface area contributed by atoms with Gasteiger partial charge in [-0.1, -0.05) is 43.6 Å². The van der Waals surface area contributed by atoms with Gasteiger partial charge in [-0.3, -0.25) is 9.59 Å². The molecule has 0 saturated carbocycles. The summed E-state index contributed by atoms with van der Waals surface area (Å²) in [6.45, 7) is 4.00. The number of carboxylic acid groups (broad SMARTS) is 1. The predicted octanol–water partition coefficient (Wildman–Crippen LogP) is 3.63. The van der Waals surface area contributed by atoms with Crippen molar-refractivity contribution in [3.8, 4) is 0 Å². The number of hydrogen-bond donors (Lipinski definition) is 3. The molecule has 0 spiro atoms. The summed E-state index contributed by atoms with van der Waals surface area (Å²) in [6.07, 6.45) is -0.0148. The smallest absolute Gasteiger partial charge is 0.326 e. The molecule has 6 nitrogen and oxygen atoms in total. The second kappa shape index (κ2) is 9.71. The van der Waals surface area contributed by atoms with Crippen LogP contribution in [-0.4, -0.2) is 28.0 Å². The van der Waals surface area contributed by atoms with Gasteiger partial charge in [0.2, 0.25) is 5.56 Å². The number of amides is 1. The number of pyridine rings is 1. The predicted molar refractivity (Wildman–Crippen MR) is 110 cm³/mol. The molecule has 0 aliphatic heterocycles. The maximum atomic E-state index is 12.3. The van der Waals surface area contributed by atoms with Crippen LogP contribution >= 0.6 is 11.6 Å². The highest BCUT2D eigenvalue weighted by atomic mass is 35.5. The van der Waals surface area contributed by atoms with Crippen molar-refractivity contribution in [1.29, 1.82) is 0 Å². The minimum Gasteiger partial charge on any atom is -0.480 e. The third-order valence-electron chi connectivity index (χ3n) is 3.97. The van der Waals surface area contributed by atoms with Crippen LogP contribution in [0.1, 0.15) is 29.8 Å². The van der Waals surface area contributed by atoms with Gasteiger partial charge in [-0.15, -0.1) is 0 Å². The zero-order valence-electron chi connectivity index (χ0n) is 15.5. The topological polar surface area (TPSA) is 99.3 Å². The van der Waals surface area contributed by atoms with E-state index in [0.717, 1.165) is 5.39 Å². The highest BCUT2D eigenvalue weighted by molar-refractivity contribution is 6.30. The fourth-order valence-electron chi connectivity index (χ4n) is 2.71. The molecule has 1 unspecified atom stereocenters. The summed E-state index contributed by atoms with van der Waals surface area (Å²) in [6, 6.07) is 13.4. The standard InChI is InChI=1S/C19H15ClN2O4.C2H6/c20-13-7-5-11(6-8-13)18(24)22-16(19(25)26)9-12-10-17(23)21-15-4-2-1-3-14(12)15;1-2/h1-8,10,16H,9H2,(H,21,23)(H,22,24)(H,25,26);1-2H3. The van der Waals surface area contributed by atoms with E-state index < -0.39 is 17.9 Å². The molecule has 1 aromatic heterocycles. The van der Waals surface area contributed by atoms with Gasteiger partial charge in [0.1, 0.15) is 6.04 Å². The molecule has 1 amide bonds. The van der Waals surface area contributed by atoms with Crippen LogP contribution in [0.4, 0.5) is 0 Å². The summed E-state index contributed by atoms with van der Waals surface area (Å²) in [7, 11) is 0. The zero-order valence-corrected chi connectivity index (χ0v) is 16.3. The third kappa shape index (κ3) is 5.20. The number of benzene rings is 2. The number of aromatic amines is 1. The summed E-state index contributed by atoms with van der Waals surface area (Å²) in [4.78, 5) is 38.5. The minimum absolute atomic E-state index is 0.0148. The highest BCUT2D eigenvalue weighted by Gasteiger charge is 2.22. The first-order valence-corrected chi connectivity index (χ1v) is 9.22. The fraction of sp³-hybridized carbons (Fsp3) is 0.190. The summed E-state index contributed by atoms with van der Waals surface area (Å²) in [5.74, 6) is -1.71. The molecular weight excluding hydrogens is 380 g/mol. The molecule has 0 aliphatic rings. The van der Waals surface area contributed by atoms with Crippen molar-refractivity contribution in [2.24, 2.45) is 0 Å². The van der Waals surface area contributed by atoms with E-state index in [9.17, 15) is 19.5 Å². The summed E-state index contributed by atoms with van der Waals surface area (Å²) in [5, 5.41) is 13.2. The number of fused-ring (bicyclic) bond motifs is 1. The minimum atomic E-state index is -1.18. The van der Waals surface area contributed by atoms with Crippen molar-refractivity contribution < 1.29 is 14.7 Å². The summed E-state index contributed by atoms with van der Waals surface area (Å²) >= 11 is 5.79. The van der Waals surface area contributed by atoms with Gasteiger partial charge in [-0.05, 0) is 35.9 Å². The molecule has 0 saturated heterocycles. The molecule has 0 radical (unpaired) electrons. The Bertz CT molecular complexity index is 1030. The lowest BCUT2D eigenvalue weighted by atomic mass is 10.0. The van der Waals surface area contributed by atoms with Crippen molar-refractivity contribution in [3.05, 3.63) is 81.1 Å². The molecule has 7 heteroatoms. The molecule has 0 fully saturated rings. The number of hydrogen-bond acceptors (Lipinski definition) is 3. The van der Waals surface area contributed by atoms with Crippen LogP contribution in [-0.2, 0) is 11.2 Å². The van der Waals surface area contributed by atoms with Gasteiger partial charge < -0.3 is 15.4 Å². The molecule has 3 N–H and O–H groups in total. The Labute approximate surface area is 167 Å². The van der Waals surface area contributed by atoms with E-state index in [0.29, 0.717) is 21.7 Å². The Morgan fingerprint density at radius 2 is 1.75 bits per heavy atom. The first-order chi connectivity index (χ1) is 13.4. The molecule has 3 aromatic rings. The number of carboxylic acids is 1. The Kier molecular flexibility index (Phi) is 7.35. The van der Waals surface area contributed by atoms with Gasteiger partial charge in [-0.25, -0.2) is 4.79 Å². The molecule has 3 rings (SSSR count). The molecule has 2 aromatic carbocycles. The molecule has 146 valence electrons. The van der Waals surface area contributed by atoms with Gasteiger partial charge in [0.05, 0.1) is 0 Å². The van der Waals surface area contributed by atoms with Crippen LogP contribution in [0.15, 0.2) is 59.4 Å². The van der Waals surface area contributed by atoms with Gasteiger partial charge in [0.15, 0.2) is 0 Å². The number of halogens is 1. The number of rotatable bonds is 5. The maximum Gasteiger partial charge on any atom is 0.326 e. The molecule has 0 bridgehead atoms. The number of aromatic nitrogens is 1. The van der Waals surface area contributed by atoms with E-state index in [1.54, 1.807) is 36.4 Å². The molecular formula is C21H21ClN2O4. The first kappa shape index (κ1) is 21.2. The molecule has 1 heterocycles. The first-order valence-electron chi connectivity index (χ1n) is 8.84. The van der Waals surface area contributed by atoms with Gasteiger partial charge >= 0.3 is 5.97 Å². The number of para-hydroxylation sites is 1. The molecule has 0 aliphatic carbocycles. The Balaban J connectivity index is 0.00000136. The van der Waals surface area contributed by atoms with Crippen molar-refractivity contribution in [2.75, 3.05) is 0 Å². The van der Waals surface area contributed by atoms with Crippen molar-refractivity contribution in [3.63, 3.8) is 0 Å². The van der Waals surface area contributed by atoms with Crippen LogP contribution in [0.2, 0.25) is 5.02 Å². The van der Waals surface area contributed by atoms with E-state index >= 15 is 0 Å². The average molecular weight is 401 g/mol. The van der Waals surface area contributed by atoms with E-state index in [1.807, 2.05) is 13.8 Å². The summed E-state index contributed by atoms with van der Waals surface area (Å²) in [5.41, 5.74) is 1.14. The zero-order chi connectivity index (χ0) is 20.7. The second-order valence-electron chi connectivity index (χ2n) is 5.78. The van der Waals surface area contributed by atoms with Crippen molar-refractivity contribution in [1.82, 2.24) is 10.3 Å². The Morgan fingerprint density at radius 1 is 1.11 bits per heavy atom. The van der Waals surface area contributed by atoms with Gasteiger partial charge in [0, 0.05) is 34.0 Å². The largest absolute Gasteiger partial charge is 0.480 e. The van der Waals surface area contributed by atoms with Gasteiger partial charge in [0.25, 0.3) is 5.91 Å². The Hall–Kier alpha value is -3.12. The lowest BCUT2D eigenvalue weighted by molar-refractivity contribution is -0.139. The quantitative estimate of drug-likeness (QED) is 0.608. The van der Waals surface area contributed by atoms with Crippen LogP contribution in [0.5, 0.6) is 0 Å². The normalized spacial score (nSPS) is 11.2. The fourth-order valence-corrected chi connectivity index (χ4v) is 2.83. The SMILES string of the molecule is CC.O=C(NC(Cc1cc(=O)[nH]c2ccccc12)C(=O)O)c1ccc(Cl)cc1. The van der Waals surface area contributed by atoms with E-state index in [-0.39, 0.29) is 12.0 Å². The Morgan fingerprint density at radius 3 is 2.39 bits per heavy atom. The van der Waals surface area contributed by atoms with E-state index in [1.165, 1.54) is 18.2 Å². The number of H-pyrrole nitrogens is 1. The molecule has 1 atom stereocenters. The van der Waals surface area contributed by atoms with Crippen LogP contribution in [0.25, 0.3) is 10.9 Å². The van der Waals surface area contributed by atoms with Crippen LogP contribution in [0, 0.1) is 0 Å². The number of carbonyl (C=O) groups excluding carboxylic acids is 1. The third-order valence-corrected chi connectivity index (χ3v) is 4.22. The average Bonchev–Trinajstić information content (AvgIpc) is 2.69. The summed E-state index contributed by atoms with van der Waals surface area (Å²) < 4.78 is 0. The van der Waals surface area contributed by atoms with E-state index in [4.69, 9.17) is 11.6 Å². The van der Waals surface area contributed by atoms with Crippen molar-refractivity contribution in [2.45, 2.75) is 26.3 Å². The lowest BCUT2D eigenvalue weighted by Crippen LogP contribution is -2.42. The van der Waals surface area contributed by atoms with Crippen LogP contribution < -0.4 is 10.9 Å². The highest BCUT2D eigenvalue weighted by Crippen LogP contribution is 2.17.